The number of fused-ring (bicyclic) bond motifs is 10. The van der Waals surface area contributed by atoms with Crippen LogP contribution in [-0.4, -0.2) is 9.55 Å². The Balaban J connectivity index is 1.21. The molecule has 0 amide bonds. The standard InChI is InChI=1S/C50H36N2O/c1-3-4-5-16-34(2)50-51-46-23-12-13-24-47(46)52(50)37-30-27-35(28-31-37)36-29-32-42-40-19-7-6-17-38(40)39-18-8-9-20-41(39)43-21-10-14-25-48(43)53-49-26-15-11-22-44(49)45(42)33-36/h3-33H,2H2,1H3/b4-3-,16-5-. The average molecular weight is 681 g/mol. The van der Waals surface area contributed by atoms with Crippen molar-refractivity contribution in [3.05, 3.63) is 200 Å². The van der Waals surface area contributed by atoms with Crippen molar-refractivity contribution >= 4 is 16.6 Å². The van der Waals surface area contributed by atoms with Crippen molar-refractivity contribution in [2.75, 3.05) is 0 Å². The molecular formula is C50H36N2O. The van der Waals surface area contributed by atoms with Crippen LogP contribution in [-0.2, 0) is 0 Å². The van der Waals surface area contributed by atoms with Gasteiger partial charge >= 0.3 is 0 Å². The molecule has 0 bridgehead atoms. The van der Waals surface area contributed by atoms with Gasteiger partial charge in [-0.2, -0.15) is 0 Å². The van der Waals surface area contributed by atoms with Crippen LogP contribution in [0.1, 0.15) is 12.7 Å². The van der Waals surface area contributed by atoms with Gasteiger partial charge in [-0.15, -0.1) is 0 Å². The smallest absolute Gasteiger partial charge is 0.145 e. The molecule has 9 rings (SSSR count). The molecule has 8 aromatic rings. The number of benzene rings is 7. The average Bonchev–Trinajstić information content (AvgIpc) is 3.61. The van der Waals surface area contributed by atoms with Crippen LogP contribution in [0.2, 0.25) is 0 Å². The number of imidazole rings is 1. The lowest BCUT2D eigenvalue weighted by Gasteiger charge is -2.18. The highest BCUT2D eigenvalue weighted by Crippen LogP contribution is 2.48. The summed E-state index contributed by atoms with van der Waals surface area (Å²) in [5.74, 6) is 2.46. The maximum Gasteiger partial charge on any atom is 0.145 e. The molecular weight excluding hydrogens is 645 g/mol. The second-order valence-corrected chi connectivity index (χ2v) is 13.2. The summed E-state index contributed by atoms with van der Waals surface area (Å²) in [5, 5.41) is 0. The fourth-order valence-electron chi connectivity index (χ4n) is 7.43. The highest BCUT2D eigenvalue weighted by molar-refractivity contribution is 5.99. The lowest BCUT2D eigenvalue weighted by Crippen LogP contribution is -1.99. The Kier molecular flexibility index (Phi) is 8.22. The first-order valence-electron chi connectivity index (χ1n) is 17.9. The van der Waals surface area contributed by atoms with Crippen LogP contribution in [0.25, 0.3) is 77.9 Å². The molecule has 2 heterocycles. The van der Waals surface area contributed by atoms with Gasteiger partial charge in [-0.3, -0.25) is 4.57 Å². The van der Waals surface area contributed by atoms with Gasteiger partial charge in [-0.1, -0.05) is 152 Å². The first-order valence-corrected chi connectivity index (χ1v) is 17.9. The third kappa shape index (κ3) is 5.79. The lowest BCUT2D eigenvalue weighted by molar-refractivity contribution is 0.486. The van der Waals surface area contributed by atoms with E-state index in [0.29, 0.717) is 0 Å². The van der Waals surface area contributed by atoms with Crippen molar-refractivity contribution in [1.29, 1.82) is 0 Å². The summed E-state index contributed by atoms with van der Waals surface area (Å²) in [7, 11) is 0. The molecule has 1 aromatic heterocycles. The van der Waals surface area contributed by atoms with Crippen LogP contribution < -0.4 is 4.74 Å². The van der Waals surface area contributed by atoms with Crippen molar-refractivity contribution in [1.82, 2.24) is 9.55 Å². The Morgan fingerprint density at radius 2 is 1.04 bits per heavy atom. The molecule has 1 aliphatic rings. The minimum Gasteiger partial charge on any atom is -0.456 e. The van der Waals surface area contributed by atoms with E-state index in [-0.39, 0.29) is 0 Å². The molecule has 53 heavy (non-hydrogen) atoms. The zero-order valence-electron chi connectivity index (χ0n) is 29.4. The third-order valence-electron chi connectivity index (χ3n) is 9.94. The third-order valence-corrected chi connectivity index (χ3v) is 9.94. The summed E-state index contributed by atoms with van der Waals surface area (Å²) in [6, 6.07) is 57.9. The molecule has 252 valence electrons. The first-order chi connectivity index (χ1) is 26.2. The predicted molar refractivity (Wildman–Crippen MR) is 221 cm³/mol. The normalized spacial score (nSPS) is 11.9. The Morgan fingerprint density at radius 1 is 0.528 bits per heavy atom. The first kappa shape index (κ1) is 32.0. The Morgan fingerprint density at radius 3 is 1.68 bits per heavy atom. The minimum atomic E-state index is 0.814. The number of rotatable bonds is 5. The molecule has 1 aliphatic heterocycles. The largest absolute Gasteiger partial charge is 0.456 e. The summed E-state index contributed by atoms with van der Waals surface area (Å²) in [5.41, 5.74) is 15.1. The van der Waals surface area contributed by atoms with Gasteiger partial charge in [0.25, 0.3) is 0 Å². The van der Waals surface area contributed by atoms with E-state index in [1.807, 2.05) is 55.5 Å². The Bertz CT molecular complexity index is 2730. The van der Waals surface area contributed by atoms with Gasteiger partial charge in [0.1, 0.15) is 17.3 Å². The monoisotopic (exact) mass is 680 g/mol. The fraction of sp³-hybridized carbons (Fsp3) is 0.0200. The highest BCUT2D eigenvalue weighted by Gasteiger charge is 2.22. The Hall–Kier alpha value is -6.97. The number of ether oxygens (including phenoxy) is 1. The van der Waals surface area contributed by atoms with Gasteiger partial charge < -0.3 is 4.74 Å². The zero-order valence-corrected chi connectivity index (χ0v) is 29.4. The fourth-order valence-corrected chi connectivity index (χ4v) is 7.43. The molecule has 3 heteroatoms. The highest BCUT2D eigenvalue weighted by atomic mass is 16.5. The lowest BCUT2D eigenvalue weighted by atomic mass is 9.85. The summed E-state index contributed by atoms with van der Waals surface area (Å²) < 4.78 is 9.05. The molecule has 0 saturated heterocycles. The number of hydrogen-bond donors (Lipinski definition) is 0. The molecule has 0 N–H and O–H groups in total. The van der Waals surface area contributed by atoms with Gasteiger partial charge in [-0.25, -0.2) is 4.98 Å². The molecule has 0 saturated carbocycles. The van der Waals surface area contributed by atoms with E-state index in [4.69, 9.17) is 9.72 Å². The Labute approximate surface area is 310 Å². The summed E-state index contributed by atoms with van der Waals surface area (Å²) >= 11 is 0. The molecule has 0 atom stereocenters. The summed E-state index contributed by atoms with van der Waals surface area (Å²) in [6.45, 7) is 6.37. The van der Waals surface area contributed by atoms with Gasteiger partial charge in [0, 0.05) is 22.4 Å². The van der Waals surface area contributed by atoms with E-state index >= 15 is 0 Å². The number of hydrogen-bond acceptors (Lipinski definition) is 2. The van der Waals surface area contributed by atoms with E-state index in [9.17, 15) is 0 Å². The molecule has 3 nitrogen and oxygen atoms in total. The van der Waals surface area contributed by atoms with Crippen molar-refractivity contribution in [2.24, 2.45) is 0 Å². The summed E-state index contributed by atoms with van der Waals surface area (Å²) in [4.78, 5) is 4.98. The van der Waals surface area contributed by atoms with Crippen LogP contribution in [0.15, 0.2) is 195 Å². The maximum absolute atomic E-state index is 6.86. The molecule has 0 spiro atoms. The van der Waals surface area contributed by atoms with Crippen LogP contribution in [0.5, 0.6) is 11.5 Å². The molecule has 7 aromatic carbocycles. The second-order valence-electron chi connectivity index (χ2n) is 13.2. The number of allylic oxidation sites excluding steroid dienone is 5. The molecule has 0 aliphatic carbocycles. The van der Waals surface area contributed by atoms with Crippen LogP contribution >= 0.6 is 0 Å². The van der Waals surface area contributed by atoms with Crippen molar-refractivity contribution in [3.8, 4) is 72.8 Å². The topological polar surface area (TPSA) is 27.1 Å². The number of para-hydroxylation sites is 4. The van der Waals surface area contributed by atoms with Crippen molar-refractivity contribution < 1.29 is 4.74 Å². The van der Waals surface area contributed by atoms with E-state index in [0.717, 1.165) is 78.6 Å². The minimum absolute atomic E-state index is 0.814. The van der Waals surface area contributed by atoms with Crippen LogP contribution in [0.4, 0.5) is 0 Å². The zero-order chi connectivity index (χ0) is 35.7. The van der Waals surface area contributed by atoms with E-state index in [2.05, 4.69) is 151 Å². The molecule has 0 fully saturated rings. The quantitative estimate of drug-likeness (QED) is 0.169. The molecule has 0 radical (unpaired) electrons. The maximum atomic E-state index is 6.86. The molecule has 0 unspecified atom stereocenters. The van der Waals surface area contributed by atoms with Gasteiger partial charge in [0.15, 0.2) is 0 Å². The van der Waals surface area contributed by atoms with Crippen LogP contribution in [0.3, 0.4) is 0 Å². The van der Waals surface area contributed by atoms with Gasteiger partial charge in [0.05, 0.1) is 11.0 Å². The van der Waals surface area contributed by atoms with Crippen molar-refractivity contribution in [2.45, 2.75) is 6.92 Å². The number of aromatic nitrogens is 2. The predicted octanol–water partition coefficient (Wildman–Crippen LogP) is 13.6. The second kappa shape index (κ2) is 13.6. The van der Waals surface area contributed by atoms with E-state index < -0.39 is 0 Å². The SMILES string of the molecule is C=C(/C=C\C=C/C)c1nc2ccccc2n1-c1ccc(-c2ccc3c(c2)-c2ccccc2Oc2ccccc2-c2ccccc2-c2ccccc2-3)cc1. The van der Waals surface area contributed by atoms with Gasteiger partial charge in [0.2, 0.25) is 0 Å². The van der Waals surface area contributed by atoms with E-state index in [1.54, 1.807) is 0 Å². The van der Waals surface area contributed by atoms with Gasteiger partial charge in [-0.05, 0) is 93.9 Å². The van der Waals surface area contributed by atoms with E-state index in [1.165, 1.54) is 16.7 Å². The van der Waals surface area contributed by atoms with Crippen molar-refractivity contribution in [3.63, 3.8) is 0 Å². The summed E-state index contributed by atoms with van der Waals surface area (Å²) in [6.07, 6.45) is 8.01. The van der Waals surface area contributed by atoms with Crippen LogP contribution in [0, 0.1) is 0 Å². The number of nitrogens with zero attached hydrogens (tertiary/aromatic N) is 2.